The van der Waals surface area contributed by atoms with Crippen LogP contribution in [0.25, 0.3) is 10.2 Å². The lowest BCUT2D eigenvalue weighted by molar-refractivity contribution is -0.384. The van der Waals surface area contributed by atoms with Gasteiger partial charge in [-0.3, -0.25) is 14.9 Å². The molecule has 0 saturated heterocycles. The Bertz CT molecular complexity index is 952. The summed E-state index contributed by atoms with van der Waals surface area (Å²) in [5.74, 6) is -0.164. The number of aromatic nitrogens is 1. The van der Waals surface area contributed by atoms with E-state index in [0.29, 0.717) is 20.6 Å². The van der Waals surface area contributed by atoms with Gasteiger partial charge >= 0.3 is 0 Å². The average Bonchev–Trinajstić information content (AvgIpc) is 2.97. The number of rotatable bonds is 6. The summed E-state index contributed by atoms with van der Waals surface area (Å²) < 4.78 is 0.671. The molecule has 0 atom stereocenters. The van der Waals surface area contributed by atoms with Crippen molar-refractivity contribution < 1.29 is 9.72 Å². The van der Waals surface area contributed by atoms with E-state index >= 15 is 0 Å². The molecule has 134 valence electrons. The second-order valence-electron chi connectivity index (χ2n) is 5.96. The number of anilines is 1. The zero-order chi connectivity index (χ0) is 18.7. The van der Waals surface area contributed by atoms with E-state index in [1.807, 2.05) is 24.3 Å². The summed E-state index contributed by atoms with van der Waals surface area (Å²) in [5.41, 5.74) is 1.57. The molecule has 3 rings (SSSR count). The van der Waals surface area contributed by atoms with Crippen LogP contribution in [0.4, 0.5) is 10.8 Å². The molecule has 0 fully saturated rings. The lowest BCUT2D eigenvalue weighted by Gasteiger charge is -2.06. The Balaban J connectivity index is 1.66. The van der Waals surface area contributed by atoms with Crippen molar-refractivity contribution in [1.29, 1.82) is 0 Å². The number of hydrogen-bond donors (Lipinski definition) is 1. The molecule has 0 saturated carbocycles. The van der Waals surface area contributed by atoms with Gasteiger partial charge in [-0.25, -0.2) is 4.98 Å². The Labute approximate surface area is 158 Å². The van der Waals surface area contributed by atoms with Gasteiger partial charge < -0.3 is 5.32 Å². The van der Waals surface area contributed by atoms with Crippen LogP contribution >= 0.6 is 23.1 Å². The van der Waals surface area contributed by atoms with E-state index in [2.05, 4.69) is 24.1 Å². The van der Waals surface area contributed by atoms with Crippen LogP contribution in [0.15, 0.2) is 47.4 Å². The Morgan fingerprint density at radius 3 is 2.65 bits per heavy atom. The first kappa shape index (κ1) is 18.3. The maximum atomic E-state index is 12.2. The molecule has 1 heterocycles. The molecule has 3 aromatic rings. The van der Waals surface area contributed by atoms with Gasteiger partial charge in [0.05, 0.1) is 21.6 Å². The van der Waals surface area contributed by atoms with Crippen LogP contribution in [0.5, 0.6) is 0 Å². The summed E-state index contributed by atoms with van der Waals surface area (Å²) in [6.07, 6.45) is 0.253. The van der Waals surface area contributed by atoms with Crippen LogP contribution in [0, 0.1) is 10.1 Å². The fourth-order valence-electron chi connectivity index (χ4n) is 2.39. The Morgan fingerprint density at radius 1 is 1.27 bits per heavy atom. The third-order valence-electron chi connectivity index (χ3n) is 3.49. The number of hydrogen-bond acceptors (Lipinski definition) is 6. The lowest BCUT2D eigenvalue weighted by atomic mass is 10.1. The standard InChI is InChI=1S/C18H17N3O3S2/c1-11(2)25-14-6-3-12(4-7-14)9-17(22)20-18-19-15-8-5-13(21(23)24)10-16(15)26-18/h3-8,10-11H,9H2,1-2H3,(H,19,20,22). The van der Waals surface area contributed by atoms with Gasteiger partial charge in [0, 0.05) is 22.3 Å². The van der Waals surface area contributed by atoms with Gasteiger partial charge in [0.25, 0.3) is 5.69 Å². The van der Waals surface area contributed by atoms with Gasteiger partial charge in [-0.1, -0.05) is 37.3 Å². The third-order valence-corrected chi connectivity index (χ3v) is 5.44. The monoisotopic (exact) mass is 387 g/mol. The number of thiazole rings is 1. The predicted octanol–water partition coefficient (Wildman–Crippen LogP) is 4.89. The van der Waals surface area contributed by atoms with Crippen LogP contribution in [0.3, 0.4) is 0 Å². The molecule has 0 bridgehead atoms. The molecule has 8 heteroatoms. The highest BCUT2D eigenvalue weighted by molar-refractivity contribution is 7.99. The molecule has 0 radical (unpaired) electrons. The SMILES string of the molecule is CC(C)Sc1ccc(CC(=O)Nc2nc3ccc([N+](=O)[O-])cc3s2)cc1. The van der Waals surface area contributed by atoms with E-state index in [0.717, 1.165) is 5.56 Å². The van der Waals surface area contributed by atoms with Gasteiger partial charge in [0.1, 0.15) is 0 Å². The Kier molecular flexibility index (Phi) is 5.53. The van der Waals surface area contributed by atoms with Crippen LogP contribution < -0.4 is 5.32 Å². The first-order valence-corrected chi connectivity index (χ1v) is 9.71. The van der Waals surface area contributed by atoms with Crippen molar-refractivity contribution in [3.63, 3.8) is 0 Å². The fourth-order valence-corrected chi connectivity index (χ4v) is 4.14. The van der Waals surface area contributed by atoms with Crippen molar-refractivity contribution in [3.8, 4) is 0 Å². The smallest absolute Gasteiger partial charge is 0.270 e. The number of benzene rings is 2. The molecule has 0 aliphatic rings. The number of thioether (sulfide) groups is 1. The average molecular weight is 387 g/mol. The van der Waals surface area contributed by atoms with Crippen LogP contribution in [-0.4, -0.2) is 21.1 Å². The second kappa shape index (κ2) is 7.84. The second-order valence-corrected chi connectivity index (χ2v) is 8.64. The number of nitro benzene ring substituents is 1. The molecule has 0 spiro atoms. The molecular weight excluding hydrogens is 370 g/mol. The van der Waals surface area contributed by atoms with E-state index in [4.69, 9.17) is 0 Å². The highest BCUT2D eigenvalue weighted by Gasteiger charge is 2.12. The van der Waals surface area contributed by atoms with Crippen LogP contribution in [-0.2, 0) is 11.2 Å². The molecule has 2 aromatic carbocycles. The number of nitrogens with one attached hydrogen (secondary N) is 1. The van der Waals surface area contributed by atoms with Crippen molar-refractivity contribution in [2.75, 3.05) is 5.32 Å². The third kappa shape index (κ3) is 4.59. The molecule has 0 unspecified atom stereocenters. The molecule has 1 amide bonds. The number of carbonyl (C=O) groups is 1. The maximum Gasteiger partial charge on any atom is 0.270 e. The Hall–Kier alpha value is -2.45. The number of nitrogens with zero attached hydrogens (tertiary/aromatic N) is 2. The topological polar surface area (TPSA) is 85.1 Å². The van der Waals surface area contributed by atoms with E-state index < -0.39 is 4.92 Å². The van der Waals surface area contributed by atoms with E-state index in [-0.39, 0.29) is 18.0 Å². The molecule has 0 aliphatic carbocycles. The van der Waals surface area contributed by atoms with E-state index in [1.165, 1.54) is 28.4 Å². The maximum absolute atomic E-state index is 12.2. The van der Waals surface area contributed by atoms with E-state index in [9.17, 15) is 14.9 Å². The quantitative estimate of drug-likeness (QED) is 0.370. The zero-order valence-electron chi connectivity index (χ0n) is 14.3. The molecule has 1 N–H and O–H groups in total. The van der Waals surface area contributed by atoms with Gasteiger partial charge in [0.2, 0.25) is 5.91 Å². The molecule has 6 nitrogen and oxygen atoms in total. The Morgan fingerprint density at radius 2 is 2.00 bits per heavy atom. The summed E-state index contributed by atoms with van der Waals surface area (Å²) in [5, 5.41) is 14.6. The molecule has 1 aromatic heterocycles. The summed E-state index contributed by atoms with van der Waals surface area (Å²) in [6, 6.07) is 12.4. The van der Waals surface area contributed by atoms with Gasteiger partial charge in [-0.15, -0.1) is 11.8 Å². The lowest BCUT2D eigenvalue weighted by Crippen LogP contribution is -2.14. The molecule has 26 heavy (non-hydrogen) atoms. The first-order chi connectivity index (χ1) is 12.4. The van der Waals surface area contributed by atoms with Gasteiger partial charge in [0.15, 0.2) is 5.13 Å². The van der Waals surface area contributed by atoms with E-state index in [1.54, 1.807) is 17.8 Å². The summed E-state index contributed by atoms with van der Waals surface area (Å²) in [6.45, 7) is 4.28. The summed E-state index contributed by atoms with van der Waals surface area (Å²) >= 11 is 3.00. The summed E-state index contributed by atoms with van der Waals surface area (Å²) in [4.78, 5) is 28.1. The molecule has 0 aliphatic heterocycles. The van der Waals surface area contributed by atoms with Crippen molar-refractivity contribution in [1.82, 2.24) is 4.98 Å². The first-order valence-electron chi connectivity index (χ1n) is 8.01. The largest absolute Gasteiger partial charge is 0.302 e. The minimum Gasteiger partial charge on any atom is -0.302 e. The van der Waals surface area contributed by atoms with Crippen LogP contribution in [0.2, 0.25) is 0 Å². The normalized spacial score (nSPS) is 11.0. The predicted molar refractivity (Wildman–Crippen MR) is 106 cm³/mol. The summed E-state index contributed by atoms with van der Waals surface area (Å²) in [7, 11) is 0. The number of amides is 1. The number of nitro groups is 1. The van der Waals surface area contributed by atoms with Gasteiger partial charge in [-0.05, 0) is 23.8 Å². The van der Waals surface area contributed by atoms with Crippen LogP contribution in [0.1, 0.15) is 19.4 Å². The zero-order valence-corrected chi connectivity index (χ0v) is 15.9. The van der Waals surface area contributed by atoms with Crippen molar-refractivity contribution in [2.24, 2.45) is 0 Å². The number of non-ortho nitro benzene ring substituents is 1. The highest BCUT2D eigenvalue weighted by atomic mass is 32.2. The number of carbonyl (C=O) groups excluding carboxylic acids is 1. The fraction of sp³-hybridized carbons (Fsp3) is 0.222. The van der Waals surface area contributed by atoms with Crippen molar-refractivity contribution in [3.05, 3.63) is 58.1 Å². The van der Waals surface area contributed by atoms with Crippen molar-refractivity contribution in [2.45, 2.75) is 30.4 Å². The van der Waals surface area contributed by atoms with Gasteiger partial charge in [-0.2, -0.15) is 0 Å². The number of fused-ring (bicyclic) bond motifs is 1. The van der Waals surface area contributed by atoms with Crippen molar-refractivity contribution >= 4 is 50.0 Å². The highest BCUT2D eigenvalue weighted by Crippen LogP contribution is 2.29. The minimum atomic E-state index is -0.446. The minimum absolute atomic E-state index is 0.0124. The molecular formula is C18H17N3O3S2.